The molecule has 2 nitrogen and oxygen atoms in total. The summed E-state index contributed by atoms with van der Waals surface area (Å²) >= 11 is 0. The van der Waals surface area contributed by atoms with Gasteiger partial charge in [0.25, 0.3) is 0 Å². The molecule has 2 aliphatic carbocycles. The van der Waals surface area contributed by atoms with E-state index < -0.39 is 0 Å². The number of rotatable bonds is 0. The molecule has 13 heavy (non-hydrogen) atoms. The van der Waals surface area contributed by atoms with E-state index in [1.165, 1.54) is 0 Å². The van der Waals surface area contributed by atoms with Gasteiger partial charge in [-0.05, 0) is 25.2 Å². The summed E-state index contributed by atoms with van der Waals surface area (Å²) in [7, 11) is 0. The van der Waals surface area contributed by atoms with Gasteiger partial charge in [-0.3, -0.25) is 9.59 Å². The summed E-state index contributed by atoms with van der Waals surface area (Å²) in [5, 5.41) is 0. The lowest BCUT2D eigenvalue weighted by Crippen LogP contribution is -1.86. The molecular weight excluding hydrogens is 164 g/mol. The van der Waals surface area contributed by atoms with Crippen LogP contribution >= 0.6 is 0 Å². The largest absolute Gasteiger partial charge is 0.300 e. The molecule has 0 bridgehead atoms. The smallest absolute Gasteiger partial charge is 0.133 e. The molecule has 0 aromatic heterocycles. The van der Waals surface area contributed by atoms with Gasteiger partial charge in [0.05, 0.1) is 0 Å². The van der Waals surface area contributed by atoms with Crippen molar-refractivity contribution in [1.29, 1.82) is 0 Å². The van der Waals surface area contributed by atoms with Crippen LogP contribution in [-0.2, 0) is 9.59 Å². The summed E-state index contributed by atoms with van der Waals surface area (Å²) in [6, 6.07) is 0. The normalized spacial score (nSPS) is 27.3. The van der Waals surface area contributed by atoms with Crippen LogP contribution in [0.25, 0.3) is 0 Å². The van der Waals surface area contributed by atoms with E-state index in [0.717, 1.165) is 44.9 Å². The molecule has 74 valence electrons. The average molecular weight is 182 g/mol. The summed E-state index contributed by atoms with van der Waals surface area (Å²) in [5.74, 6) is 1.58. The monoisotopic (exact) mass is 182 g/mol. The Balaban J connectivity index is 0.000000132. The number of carbonyl (C=O) groups is 2. The van der Waals surface area contributed by atoms with Crippen LogP contribution in [-0.4, -0.2) is 11.6 Å². The highest BCUT2D eigenvalue weighted by atomic mass is 16.1. The molecule has 0 heterocycles. The van der Waals surface area contributed by atoms with Gasteiger partial charge in [-0.15, -0.1) is 0 Å². The standard InChI is InChI=1S/C6H10O.C5H8O/c1-5-2-3-6(7)4-5;6-5-3-1-2-4-5/h5H,2-4H2,1H3;1-4H2. The summed E-state index contributed by atoms with van der Waals surface area (Å²) in [4.78, 5) is 20.7. The van der Waals surface area contributed by atoms with Crippen molar-refractivity contribution < 1.29 is 9.59 Å². The highest BCUT2D eigenvalue weighted by Crippen LogP contribution is 2.19. The molecule has 0 aliphatic heterocycles. The Morgan fingerprint density at radius 3 is 1.77 bits per heavy atom. The van der Waals surface area contributed by atoms with Gasteiger partial charge < -0.3 is 0 Å². The topological polar surface area (TPSA) is 34.1 Å². The molecule has 0 aromatic rings. The molecule has 0 saturated heterocycles. The van der Waals surface area contributed by atoms with E-state index in [9.17, 15) is 9.59 Å². The number of hydrogen-bond donors (Lipinski definition) is 0. The fourth-order valence-electron chi connectivity index (χ4n) is 1.77. The first-order valence-corrected chi connectivity index (χ1v) is 5.22. The SMILES string of the molecule is CC1CCC(=O)C1.O=C1CCCC1. The quantitative estimate of drug-likeness (QED) is 0.577. The zero-order valence-corrected chi connectivity index (χ0v) is 8.34. The van der Waals surface area contributed by atoms with E-state index >= 15 is 0 Å². The lowest BCUT2D eigenvalue weighted by Gasteiger charge is -1.90. The van der Waals surface area contributed by atoms with Gasteiger partial charge >= 0.3 is 0 Å². The van der Waals surface area contributed by atoms with Crippen LogP contribution in [0.1, 0.15) is 51.9 Å². The third-order valence-electron chi connectivity index (χ3n) is 2.65. The zero-order chi connectivity index (χ0) is 9.68. The minimum absolute atomic E-state index is 0.451. The van der Waals surface area contributed by atoms with E-state index in [4.69, 9.17) is 0 Å². The molecule has 0 N–H and O–H groups in total. The van der Waals surface area contributed by atoms with Gasteiger partial charge in [0.15, 0.2) is 0 Å². The van der Waals surface area contributed by atoms with Crippen molar-refractivity contribution in [3.05, 3.63) is 0 Å². The van der Waals surface area contributed by atoms with Gasteiger partial charge in [0.2, 0.25) is 0 Å². The minimum atomic E-state index is 0.451. The Labute approximate surface area is 79.7 Å². The van der Waals surface area contributed by atoms with Crippen LogP contribution < -0.4 is 0 Å². The van der Waals surface area contributed by atoms with Crippen molar-refractivity contribution in [3.8, 4) is 0 Å². The van der Waals surface area contributed by atoms with E-state index in [1.807, 2.05) is 0 Å². The second-order valence-corrected chi connectivity index (χ2v) is 4.13. The zero-order valence-electron chi connectivity index (χ0n) is 8.34. The van der Waals surface area contributed by atoms with Crippen molar-refractivity contribution in [2.24, 2.45) is 5.92 Å². The van der Waals surface area contributed by atoms with Crippen molar-refractivity contribution in [2.45, 2.75) is 51.9 Å². The molecule has 2 fully saturated rings. The number of ketones is 2. The first-order chi connectivity index (χ1) is 6.18. The molecular formula is C11H18O2. The van der Waals surface area contributed by atoms with Crippen LogP contribution in [0.3, 0.4) is 0 Å². The third-order valence-corrected chi connectivity index (χ3v) is 2.65. The minimum Gasteiger partial charge on any atom is -0.300 e. The van der Waals surface area contributed by atoms with Crippen molar-refractivity contribution in [1.82, 2.24) is 0 Å². The van der Waals surface area contributed by atoms with E-state index in [0.29, 0.717) is 17.5 Å². The summed E-state index contributed by atoms with van der Waals surface area (Å²) in [5.41, 5.74) is 0. The summed E-state index contributed by atoms with van der Waals surface area (Å²) < 4.78 is 0. The molecule has 0 radical (unpaired) electrons. The van der Waals surface area contributed by atoms with E-state index in [2.05, 4.69) is 6.92 Å². The second-order valence-electron chi connectivity index (χ2n) is 4.13. The van der Waals surface area contributed by atoms with Crippen LogP contribution in [0.15, 0.2) is 0 Å². The average Bonchev–Trinajstić information content (AvgIpc) is 2.64. The van der Waals surface area contributed by atoms with Crippen molar-refractivity contribution >= 4 is 11.6 Å². The van der Waals surface area contributed by atoms with E-state index in [-0.39, 0.29) is 0 Å². The molecule has 2 saturated carbocycles. The van der Waals surface area contributed by atoms with Crippen LogP contribution in [0.4, 0.5) is 0 Å². The van der Waals surface area contributed by atoms with Gasteiger partial charge in [-0.25, -0.2) is 0 Å². The lowest BCUT2D eigenvalue weighted by molar-refractivity contribution is -0.118. The Kier molecular flexibility index (Phi) is 4.13. The Hall–Kier alpha value is -0.660. The van der Waals surface area contributed by atoms with E-state index in [1.54, 1.807) is 0 Å². The highest BCUT2D eigenvalue weighted by Gasteiger charge is 2.16. The van der Waals surface area contributed by atoms with Crippen molar-refractivity contribution in [2.75, 3.05) is 0 Å². The number of hydrogen-bond acceptors (Lipinski definition) is 2. The van der Waals surface area contributed by atoms with Gasteiger partial charge in [0, 0.05) is 25.7 Å². The first kappa shape index (κ1) is 10.4. The predicted molar refractivity (Wildman–Crippen MR) is 51.5 cm³/mol. The molecule has 0 amide bonds. The summed E-state index contributed by atoms with van der Waals surface area (Å²) in [6.07, 6.45) is 6.76. The van der Waals surface area contributed by atoms with Gasteiger partial charge in [0.1, 0.15) is 11.6 Å². The van der Waals surface area contributed by atoms with Gasteiger partial charge in [-0.1, -0.05) is 6.92 Å². The van der Waals surface area contributed by atoms with Crippen molar-refractivity contribution in [3.63, 3.8) is 0 Å². The fraction of sp³-hybridized carbons (Fsp3) is 0.818. The Bertz CT molecular complexity index is 188. The maximum Gasteiger partial charge on any atom is 0.133 e. The molecule has 1 unspecified atom stereocenters. The Morgan fingerprint density at radius 2 is 1.62 bits per heavy atom. The highest BCUT2D eigenvalue weighted by molar-refractivity contribution is 5.80. The number of Topliss-reactive ketones (excluding diaryl/α,β-unsaturated/α-hetero) is 2. The predicted octanol–water partition coefficient (Wildman–Crippen LogP) is 2.51. The molecule has 2 heteroatoms. The van der Waals surface area contributed by atoms with Crippen LogP contribution in [0.5, 0.6) is 0 Å². The van der Waals surface area contributed by atoms with Crippen LogP contribution in [0.2, 0.25) is 0 Å². The molecule has 0 spiro atoms. The molecule has 2 aliphatic rings. The van der Waals surface area contributed by atoms with Crippen LogP contribution in [0, 0.1) is 5.92 Å². The number of carbonyl (C=O) groups excluding carboxylic acids is 2. The Morgan fingerprint density at radius 1 is 1.00 bits per heavy atom. The third kappa shape index (κ3) is 4.20. The molecule has 1 atom stereocenters. The lowest BCUT2D eigenvalue weighted by atomic mass is 10.1. The maximum atomic E-state index is 10.5. The summed E-state index contributed by atoms with van der Waals surface area (Å²) in [6.45, 7) is 2.13. The first-order valence-electron chi connectivity index (χ1n) is 5.22. The fourth-order valence-corrected chi connectivity index (χ4v) is 1.77. The van der Waals surface area contributed by atoms with Gasteiger partial charge in [-0.2, -0.15) is 0 Å². The second kappa shape index (κ2) is 5.15. The maximum absolute atomic E-state index is 10.5. The molecule has 2 rings (SSSR count). The molecule has 0 aromatic carbocycles.